The molecular weight excluding hydrogens is 345 g/mol. The van der Waals surface area contributed by atoms with Gasteiger partial charge in [-0.1, -0.05) is 13.8 Å². The lowest BCUT2D eigenvalue weighted by atomic mass is 9.91. The number of carbonyl (C=O) groups excluding carboxylic acids is 1. The summed E-state index contributed by atoms with van der Waals surface area (Å²) in [6.45, 7) is 12.4. The normalized spacial score (nSPS) is 26.8. The van der Waals surface area contributed by atoms with Gasteiger partial charge in [0.15, 0.2) is 0 Å². The second kappa shape index (κ2) is 12.3. The fraction of sp³-hybridized carbons (Fsp3) is 0.944. The van der Waals surface area contributed by atoms with Gasteiger partial charge in [-0.15, -0.1) is 24.8 Å². The fourth-order valence-electron chi connectivity index (χ4n) is 4.23. The van der Waals surface area contributed by atoms with Gasteiger partial charge in [0.05, 0.1) is 0 Å². The highest BCUT2D eigenvalue weighted by Crippen LogP contribution is 2.21. The van der Waals surface area contributed by atoms with Crippen molar-refractivity contribution in [1.82, 2.24) is 15.5 Å². The van der Waals surface area contributed by atoms with Gasteiger partial charge in [0, 0.05) is 32.1 Å². The highest BCUT2D eigenvalue weighted by molar-refractivity contribution is 5.85. The van der Waals surface area contributed by atoms with Gasteiger partial charge in [-0.2, -0.15) is 0 Å². The summed E-state index contributed by atoms with van der Waals surface area (Å²) in [7, 11) is 0. The van der Waals surface area contributed by atoms with Crippen LogP contribution in [0.25, 0.3) is 0 Å². The Kier molecular flexibility index (Phi) is 12.3. The summed E-state index contributed by atoms with van der Waals surface area (Å²) in [5, 5.41) is 6.58. The second-order valence-corrected chi connectivity index (χ2v) is 7.87. The highest BCUT2D eigenvalue weighted by Gasteiger charge is 2.23. The maximum absolute atomic E-state index is 12.1. The van der Waals surface area contributed by atoms with Gasteiger partial charge in [-0.05, 0) is 63.5 Å². The average Bonchev–Trinajstić information content (AvgIpc) is 2.45. The molecule has 0 aromatic rings. The molecule has 2 heterocycles. The smallest absolute Gasteiger partial charge is 0.220 e. The van der Waals surface area contributed by atoms with Crippen molar-refractivity contribution in [3.63, 3.8) is 0 Å². The van der Waals surface area contributed by atoms with Crippen molar-refractivity contribution in [2.45, 2.75) is 58.9 Å². The molecule has 144 valence electrons. The Balaban J connectivity index is 0.00000264. The van der Waals surface area contributed by atoms with Crippen LogP contribution in [-0.2, 0) is 4.79 Å². The Bertz CT molecular complexity index is 341. The lowest BCUT2D eigenvalue weighted by molar-refractivity contribution is -0.122. The standard InChI is InChI=1S/C18H35N3O.2ClH/c1-14-10-15(2)12-21(11-14)13-16(3)20-18(22)5-4-17-6-8-19-9-7-17;;/h14-17,19H,4-13H2,1-3H3,(H,20,22);2*1H. The van der Waals surface area contributed by atoms with Crippen LogP contribution in [0.15, 0.2) is 0 Å². The second-order valence-electron chi connectivity index (χ2n) is 7.87. The molecule has 0 radical (unpaired) electrons. The lowest BCUT2D eigenvalue weighted by Crippen LogP contribution is -2.47. The Morgan fingerprint density at radius 1 is 1.17 bits per heavy atom. The summed E-state index contributed by atoms with van der Waals surface area (Å²) < 4.78 is 0. The molecule has 0 bridgehead atoms. The van der Waals surface area contributed by atoms with Crippen molar-refractivity contribution >= 4 is 30.7 Å². The molecule has 0 aromatic carbocycles. The van der Waals surface area contributed by atoms with Gasteiger partial charge in [-0.3, -0.25) is 4.79 Å². The van der Waals surface area contributed by atoms with Crippen molar-refractivity contribution in [3.8, 4) is 0 Å². The number of nitrogens with one attached hydrogen (secondary N) is 2. The Labute approximate surface area is 160 Å². The van der Waals surface area contributed by atoms with Crippen LogP contribution in [0.3, 0.4) is 0 Å². The van der Waals surface area contributed by atoms with Crippen molar-refractivity contribution < 1.29 is 4.79 Å². The first-order chi connectivity index (χ1) is 10.5. The molecule has 0 spiro atoms. The lowest BCUT2D eigenvalue weighted by Gasteiger charge is -2.36. The van der Waals surface area contributed by atoms with Crippen LogP contribution in [0.5, 0.6) is 0 Å². The zero-order valence-electron chi connectivity index (χ0n) is 15.6. The first-order valence-electron chi connectivity index (χ1n) is 9.25. The maximum atomic E-state index is 12.1. The van der Waals surface area contributed by atoms with Gasteiger partial charge in [0.1, 0.15) is 0 Å². The first-order valence-corrected chi connectivity index (χ1v) is 9.25. The number of carbonyl (C=O) groups is 1. The molecule has 4 nitrogen and oxygen atoms in total. The number of likely N-dealkylation sites (tertiary alicyclic amines) is 1. The summed E-state index contributed by atoms with van der Waals surface area (Å²) in [6, 6.07) is 0.262. The van der Waals surface area contributed by atoms with Crippen molar-refractivity contribution in [2.24, 2.45) is 17.8 Å². The van der Waals surface area contributed by atoms with E-state index in [0.29, 0.717) is 6.42 Å². The minimum Gasteiger partial charge on any atom is -0.352 e. The molecule has 0 aromatic heterocycles. The number of nitrogens with zero attached hydrogens (tertiary/aromatic N) is 1. The summed E-state index contributed by atoms with van der Waals surface area (Å²) in [5.74, 6) is 2.55. The molecule has 2 aliphatic heterocycles. The fourth-order valence-corrected chi connectivity index (χ4v) is 4.23. The zero-order chi connectivity index (χ0) is 15.9. The zero-order valence-corrected chi connectivity index (χ0v) is 17.2. The first kappa shape index (κ1) is 24.0. The summed E-state index contributed by atoms with van der Waals surface area (Å²) in [5.41, 5.74) is 0. The van der Waals surface area contributed by atoms with Gasteiger partial charge in [0.25, 0.3) is 0 Å². The third-order valence-electron chi connectivity index (χ3n) is 5.12. The topological polar surface area (TPSA) is 44.4 Å². The van der Waals surface area contributed by atoms with E-state index in [1.54, 1.807) is 0 Å². The summed E-state index contributed by atoms with van der Waals surface area (Å²) >= 11 is 0. The molecule has 0 saturated carbocycles. The molecular formula is C18H37Cl2N3O. The van der Waals surface area contributed by atoms with Crippen LogP contribution in [0, 0.1) is 17.8 Å². The van der Waals surface area contributed by atoms with E-state index < -0.39 is 0 Å². The molecule has 24 heavy (non-hydrogen) atoms. The van der Waals surface area contributed by atoms with Crippen LogP contribution in [0.1, 0.15) is 52.9 Å². The molecule has 2 N–H and O–H groups in total. The van der Waals surface area contributed by atoms with Crippen LogP contribution >= 0.6 is 24.8 Å². The average molecular weight is 382 g/mol. The van der Waals surface area contributed by atoms with E-state index in [-0.39, 0.29) is 36.8 Å². The van der Waals surface area contributed by atoms with E-state index in [1.807, 2.05) is 0 Å². The molecule has 2 fully saturated rings. The van der Waals surface area contributed by atoms with E-state index in [1.165, 1.54) is 32.4 Å². The maximum Gasteiger partial charge on any atom is 0.220 e. The minimum absolute atomic E-state index is 0. The van der Waals surface area contributed by atoms with E-state index in [2.05, 4.69) is 36.3 Å². The van der Waals surface area contributed by atoms with Crippen LogP contribution in [0.2, 0.25) is 0 Å². The molecule has 2 aliphatic rings. The predicted molar refractivity (Wildman–Crippen MR) is 106 cm³/mol. The number of hydrogen-bond acceptors (Lipinski definition) is 3. The summed E-state index contributed by atoms with van der Waals surface area (Å²) in [6.07, 6.45) is 5.55. The van der Waals surface area contributed by atoms with Crippen LogP contribution in [-0.4, -0.2) is 49.6 Å². The summed E-state index contributed by atoms with van der Waals surface area (Å²) in [4.78, 5) is 14.6. The number of hydrogen-bond donors (Lipinski definition) is 2. The third-order valence-corrected chi connectivity index (χ3v) is 5.12. The predicted octanol–water partition coefficient (Wildman–Crippen LogP) is 3.09. The van der Waals surface area contributed by atoms with Gasteiger partial charge in [0.2, 0.25) is 5.91 Å². The SMILES string of the molecule is CC1CC(C)CN(CC(C)NC(=O)CCC2CCNCC2)C1.Cl.Cl. The Hall–Kier alpha value is -0.0300. The van der Waals surface area contributed by atoms with E-state index >= 15 is 0 Å². The van der Waals surface area contributed by atoms with E-state index in [0.717, 1.165) is 43.8 Å². The van der Waals surface area contributed by atoms with E-state index in [9.17, 15) is 4.79 Å². The molecule has 3 atom stereocenters. The number of halogens is 2. The monoisotopic (exact) mass is 381 g/mol. The van der Waals surface area contributed by atoms with Crippen LogP contribution in [0.4, 0.5) is 0 Å². The Morgan fingerprint density at radius 2 is 1.75 bits per heavy atom. The van der Waals surface area contributed by atoms with Gasteiger partial charge < -0.3 is 15.5 Å². The molecule has 1 amide bonds. The van der Waals surface area contributed by atoms with Gasteiger partial charge >= 0.3 is 0 Å². The Morgan fingerprint density at radius 3 is 2.33 bits per heavy atom. The van der Waals surface area contributed by atoms with Gasteiger partial charge in [-0.25, -0.2) is 0 Å². The quantitative estimate of drug-likeness (QED) is 0.742. The molecule has 0 aliphatic carbocycles. The van der Waals surface area contributed by atoms with Crippen molar-refractivity contribution in [2.75, 3.05) is 32.7 Å². The van der Waals surface area contributed by atoms with Crippen LogP contribution < -0.4 is 10.6 Å². The number of rotatable bonds is 6. The third kappa shape index (κ3) is 8.89. The van der Waals surface area contributed by atoms with E-state index in [4.69, 9.17) is 0 Å². The van der Waals surface area contributed by atoms with Crippen molar-refractivity contribution in [1.29, 1.82) is 0 Å². The van der Waals surface area contributed by atoms with Crippen molar-refractivity contribution in [3.05, 3.63) is 0 Å². The highest BCUT2D eigenvalue weighted by atomic mass is 35.5. The molecule has 2 rings (SSSR count). The largest absolute Gasteiger partial charge is 0.352 e. The molecule has 3 unspecified atom stereocenters. The number of piperidine rings is 2. The molecule has 2 saturated heterocycles. The molecule has 6 heteroatoms. The minimum atomic E-state index is 0. The number of amides is 1.